The minimum atomic E-state index is 0.158. The molecule has 7 heteroatoms. The molecule has 19 heavy (non-hydrogen) atoms. The summed E-state index contributed by atoms with van der Waals surface area (Å²) in [5, 5.41) is 3.75. The lowest BCUT2D eigenvalue weighted by Crippen LogP contribution is -2.01. The van der Waals surface area contributed by atoms with Crippen molar-refractivity contribution in [1.82, 2.24) is 19.9 Å². The summed E-state index contributed by atoms with van der Waals surface area (Å²) in [5.41, 5.74) is 8.69. The van der Waals surface area contributed by atoms with E-state index in [0.717, 1.165) is 11.3 Å². The average Bonchev–Trinajstić information content (AvgIpc) is 2.80. The molecule has 0 aliphatic heterocycles. The molecule has 3 rings (SSSR count). The first kappa shape index (κ1) is 11.7. The Balaban J connectivity index is 2.07. The average molecular weight is 275 g/mol. The smallest absolute Gasteiger partial charge is 0.224 e. The number of nitrogen functional groups attached to an aromatic ring is 1. The molecule has 1 aromatic carbocycles. The number of aromatic nitrogens is 4. The number of aryl methyl sites for hydroxylation is 1. The monoisotopic (exact) mass is 274 g/mol. The van der Waals surface area contributed by atoms with E-state index in [1.165, 1.54) is 0 Å². The topological polar surface area (TPSA) is 92.5 Å². The van der Waals surface area contributed by atoms with E-state index in [1.54, 1.807) is 6.33 Å². The SMILES string of the molecule is Cc1ccc(Nc2nc(N)nc3nc[nH]c23)c(Cl)c1. The van der Waals surface area contributed by atoms with Gasteiger partial charge < -0.3 is 16.0 Å². The van der Waals surface area contributed by atoms with Crippen molar-refractivity contribution in [2.75, 3.05) is 11.1 Å². The molecule has 96 valence electrons. The van der Waals surface area contributed by atoms with Gasteiger partial charge >= 0.3 is 0 Å². The molecular weight excluding hydrogens is 264 g/mol. The predicted octanol–water partition coefficient (Wildman–Crippen LogP) is 2.64. The van der Waals surface area contributed by atoms with Crippen LogP contribution in [0, 0.1) is 6.92 Å². The van der Waals surface area contributed by atoms with E-state index < -0.39 is 0 Å². The normalized spacial score (nSPS) is 10.8. The number of rotatable bonds is 2. The van der Waals surface area contributed by atoms with Gasteiger partial charge in [0, 0.05) is 0 Å². The maximum Gasteiger partial charge on any atom is 0.224 e. The lowest BCUT2D eigenvalue weighted by Gasteiger charge is -2.09. The van der Waals surface area contributed by atoms with E-state index in [0.29, 0.717) is 22.0 Å². The Labute approximate surface area is 114 Å². The van der Waals surface area contributed by atoms with Gasteiger partial charge in [-0.3, -0.25) is 0 Å². The molecule has 2 heterocycles. The van der Waals surface area contributed by atoms with E-state index in [4.69, 9.17) is 17.3 Å². The molecule has 0 amide bonds. The molecule has 6 nitrogen and oxygen atoms in total. The van der Waals surface area contributed by atoms with E-state index in [-0.39, 0.29) is 5.95 Å². The number of anilines is 3. The van der Waals surface area contributed by atoms with Crippen LogP contribution in [0.4, 0.5) is 17.5 Å². The summed E-state index contributed by atoms with van der Waals surface area (Å²) in [4.78, 5) is 15.2. The highest BCUT2D eigenvalue weighted by atomic mass is 35.5. The zero-order valence-corrected chi connectivity index (χ0v) is 10.9. The minimum absolute atomic E-state index is 0.158. The number of benzene rings is 1. The summed E-state index contributed by atoms with van der Waals surface area (Å²) in [6.45, 7) is 1.98. The van der Waals surface area contributed by atoms with Crippen LogP contribution >= 0.6 is 11.6 Å². The Morgan fingerprint density at radius 3 is 2.95 bits per heavy atom. The van der Waals surface area contributed by atoms with Crippen molar-refractivity contribution in [2.24, 2.45) is 0 Å². The lowest BCUT2D eigenvalue weighted by atomic mass is 10.2. The molecule has 0 fully saturated rings. The van der Waals surface area contributed by atoms with Crippen LogP contribution in [0.1, 0.15) is 5.56 Å². The van der Waals surface area contributed by atoms with Gasteiger partial charge in [0.1, 0.15) is 5.52 Å². The Bertz CT molecular complexity index is 751. The van der Waals surface area contributed by atoms with Gasteiger partial charge in [0.15, 0.2) is 11.5 Å². The fourth-order valence-electron chi connectivity index (χ4n) is 1.79. The van der Waals surface area contributed by atoms with Crippen LogP contribution in [-0.2, 0) is 0 Å². The molecule has 0 aliphatic rings. The second-order valence-electron chi connectivity index (χ2n) is 4.14. The third kappa shape index (κ3) is 2.17. The largest absolute Gasteiger partial charge is 0.368 e. The number of fused-ring (bicyclic) bond motifs is 1. The van der Waals surface area contributed by atoms with Crippen molar-refractivity contribution in [3.63, 3.8) is 0 Å². The number of hydrogen-bond donors (Lipinski definition) is 3. The van der Waals surface area contributed by atoms with Gasteiger partial charge in [0.05, 0.1) is 17.0 Å². The Kier molecular flexibility index (Phi) is 2.72. The zero-order valence-electron chi connectivity index (χ0n) is 10.1. The first-order valence-electron chi connectivity index (χ1n) is 5.63. The highest BCUT2D eigenvalue weighted by Crippen LogP contribution is 2.28. The first-order chi connectivity index (χ1) is 9.13. The first-order valence-corrected chi connectivity index (χ1v) is 6.01. The number of H-pyrrole nitrogens is 1. The van der Waals surface area contributed by atoms with Crippen molar-refractivity contribution in [3.05, 3.63) is 35.1 Å². The molecule has 0 radical (unpaired) electrons. The standard InChI is InChI=1S/C12H11ClN6/c1-6-2-3-8(7(13)4-6)17-11-9-10(16-5-15-9)18-12(14)19-11/h2-5H,1H3,(H4,14,15,16,17,18,19). The second kappa shape index (κ2) is 4.40. The lowest BCUT2D eigenvalue weighted by molar-refractivity contribution is 1.21. The van der Waals surface area contributed by atoms with Gasteiger partial charge in [-0.1, -0.05) is 17.7 Å². The van der Waals surface area contributed by atoms with Crippen LogP contribution in [0.3, 0.4) is 0 Å². The molecule has 3 aromatic rings. The third-order valence-corrected chi connectivity index (χ3v) is 2.99. The van der Waals surface area contributed by atoms with Crippen molar-refractivity contribution in [2.45, 2.75) is 6.92 Å². The molecule has 0 saturated carbocycles. The van der Waals surface area contributed by atoms with E-state index in [1.807, 2.05) is 25.1 Å². The predicted molar refractivity (Wildman–Crippen MR) is 75.6 cm³/mol. The van der Waals surface area contributed by atoms with Crippen LogP contribution in [0.15, 0.2) is 24.5 Å². The molecule has 0 spiro atoms. The van der Waals surface area contributed by atoms with Gasteiger partial charge in [-0.2, -0.15) is 9.97 Å². The van der Waals surface area contributed by atoms with Gasteiger partial charge in [-0.15, -0.1) is 0 Å². The number of nitrogens with one attached hydrogen (secondary N) is 2. The van der Waals surface area contributed by atoms with Crippen molar-refractivity contribution in [1.29, 1.82) is 0 Å². The van der Waals surface area contributed by atoms with Crippen LogP contribution < -0.4 is 11.1 Å². The van der Waals surface area contributed by atoms with Crippen LogP contribution in [0.5, 0.6) is 0 Å². The number of hydrogen-bond acceptors (Lipinski definition) is 5. The number of aromatic amines is 1. The van der Waals surface area contributed by atoms with Gasteiger partial charge in [0.2, 0.25) is 5.95 Å². The van der Waals surface area contributed by atoms with Crippen LogP contribution in [0.2, 0.25) is 5.02 Å². The summed E-state index contributed by atoms with van der Waals surface area (Å²) in [6.07, 6.45) is 1.54. The van der Waals surface area contributed by atoms with Gasteiger partial charge in [-0.25, -0.2) is 4.98 Å². The Hall–Kier alpha value is -2.34. The number of halogens is 1. The van der Waals surface area contributed by atoms with Crippen LogP contribution in [-0.4, -0.2) is 19.9 Å². The van der Waals surface area contributed by atoms with Gasteiger partial charge in [-0.05, 0) is 24.6 Å². The van der Waals surface area contributed by atoms with Crippen LogP contribution in [0.25, 0.3) is 11.2 Å². The summed E-state index contributed by atoms with van der Waals surface area (Å²) < 4.78 is 0. The summed E-state index contributed by atoms with van der Waals surface area (Å²) >= 11 is 6.18. The quantitative estimate of drug-likeness (QED) is 0.668. The molecule has 0 unspecified atom stereocenters. The Morgan fingerprint density at radius 1 is 1.32 bits per heavy atom. The number of imidazole rings is 1. The maximum absolute atomic E-state index is 6.18. The third-order valence-electron chi connectivity index (χ3n) is 2.68. The fraction of sp³-hybridized carbons (Fsp3) is 0.0833. The highest BCUT2D eigenvalue weighted by molar-refractivity contribution is 6.33. The molecule has 4 N–H and O–H groups in total. The zero-order chi connectivity index (χ0) is 13.4. The second-order valence-corrected chi connectivity index (χ2v) is 4.55. The van der Waals surface area contributed by atoms with E-state index in [2.05, 4.69) is 25.3 Å². The van der Waals surface area contributed by atoms with E-state index in [9.17, 15) is 0 Å². The summed E-state index contributed by atoms with van der Waals surface area (Å²) in [5.74, 6) is 0.705. The maximum atomic E-state index is 6.18. The fourth-order valence-corrected chi connectivity index (χ4v) is 2.07. The highest BCUT2D eigenvalue weighted by Gasteiger charge is 2.10. The van der Waals surface area contributed by atoms with E-state index >= 15 is 0 Å². The molecular formula is C12H11ClN6. The molecule has 0 bridgehead atoms. The molecule has 2 aromatic heterocycles. The van der Waals surface area contributed by atoms with Gasteiger partial charge in [0.25, 0.3) is 0 Å². The molecule has 0 saturated heterocycles. The number of nitrogens with zero attached hydrogens (tertiary/aromatic N) is 3. The van der Waals surface area contributed by atoms with Crippen molar-refractivity contribution in [3.8, 4) is 0 Å². The minimum Gasteiger partial charge on any atom is -0.368 e. The Morgan fingerprint density at radius 2 is 2.16 bits per heavy atom. The number of nitrogens with two attached hydrogens (primary N) is 1. The van der Waals surface area contributed by atoms with Crippen molar-refractivity contribution < 1.29 is 0 Å². The summed E-state index contributed by atoms with van der Waals surface area (Å²) in [7, 11) is 0. The summed E-state index contributed by atoms with van der Waals surface area (Å²) in [6, 6.07) is 5.72. The van der Waals surface area contributed by atoms with Crippen molar-refractivity contribution >= 4 is 40.2 Å². The molecule has 0 aliphatic carbocycles. The molecule has 0 atom stereocenters.